The van der Waals surface area contributed by atoms with Gasteiger partial charge in [-0.15, -0.1) is 5.10 Å². The summed E-state index contributed by atoms with van der Waals surface area (Å²) in [7, 11) is -4.00. The predicted molar refractivity (Wildman–Crippen MR) is 145 cm³/mol. The van der Waals surface area contributed by atoms with Crippen LogP contribution in [0.4, 0.5) is 10.2 Å². The minimum Gasteiger partial charge on any atom is -0.505 e. The molecule has 1 amide bonds. The molecule has 1 saturated heterocycles. The molecule has 1 N–H and O–H groups in total. The quantitative estimate of drug-likeness (QED) is 0.471. The molecule has 214 valence electrons. The van der Waals surface area contributed by atoms with Crippen LogP contribution in [0, 0.1) is 5.82 Å². The number of aromatic hydroxyl groups is 1. The van der Waals surface area contributed by atoms with Gasteiger partial charge in [-0.05, 0) is 39.2 Å². The van der Waals surface area contributed by atoms with Crippen molar-refractivity contribution in [2.45, 2.75) is 45.7 Å². The van der Waals surface area contributed by atoms with E-state index in [9.17, 15) is 27.5 Å². The number of aromatic nitrogens is 3. The molecule has 2 aromatic heterocycles. The van der Waals surface area contributed by atoms with Gasteiger partial charge in [0.2, 0.25) is 0 Å². The van der Waals surface area contributed by atoms with E-state index in [1.165, 1.54) is 22.5 Å². The Labute approximate surface area is 230 Å². The Balaban J connectivity index is 1.65. The van der Waals surface area contributed by atoms with Crippen molar-refractivity contribution in [3.05, 3.63) is 45.6 Å². The van der Waals surface area contributed by atoms with Gasteiger partial charge in [0, 0.05) is 43.9 Å². The zero-order valence-electron chi connectivity index (χ0n) is 22.3. The average molecular weight is 575 g/mol. The van der Waals surface area contributed by atoms with Crippen molar-refractivity contribution in [2.75, 3.05) is 43.6 Å². The van der Waals surface area contributed by atoms with E-state index >= 15 is 0 Å². The van der Waals surface area contributed by atoms with E-state index in [-0.39, 0.29) is 53.8 Å². The number of hydrogen-bond acceptors (Lipinski definition) is 7. The monoisotopic (exact) mass is 574 g/mol. The van der Waals surface area contributed by atoms with Crippen molar-refractivity contribution < 1.29 is 27.4 Å². The highest BCUT2D eigenvalue weighted by Crippen LogP contribution is 2.41. The maximum Gasteiger partial charge on any atom is 0.305 e. The fourth-order valence-electron chi connectivity index (χ4n) is 5.88. The van der Waals surface area contributed by atoms with Gasteiger partial charge in [0.05, 0.1) is 19.7 Å². The maximum atomic E-state index is 14.1. The molecule has 14 heteroatoms. The molecule has 1 fully saturated rings. The molecule has 3 aliphatic rings. The molecule has 0 saturated carbocycles. The van der Waals surface area contributed by atoms with E-state index in [1.807, 2.05) is 13.8 Å². The highest BCUT2D eigenvalue weighted by atomic mass is 32.2. The number of carbonyl (C=O) groups excluding carboxylic acids is 1. The number of ether oxygens (including phenoxy) is 1. The van der Waals surface area contributed by atoms with E-state index in [0.717, 1.165) is 8.99 Å². The number of likely N-dealkylation sites (N-methyl/N-ethyl adjacent to an activating group) is 1. The molecule has 5 heterocycles. The van der Waals surface area contributed by atoms with Gasteiger partial charge < -0.3 is 19.3 Å². The van der Waals surface area contributed by atoms with Crippen LogP contribution in [0.1, 0.15) is 55.2 Å². The smallest absolute Gasteiger partial charge is 0.305 e. The van der Waals surface area contributed by atoms with Gasteiger partial charge in [-0.25, -0.2) is 13.4 Å². The molecule has 0 aliphatic carbocycles. The molecule has 12 nitrogen and oxygen atoms in total. The van der Waals surface area contributed by atoms with Gasteiger partial charge in [0.15, 0.2) is 17.3 Å². The zero-order valence-corrected chi connectivity index (χ0v) is 23.2. The SMILES string of the molecule is CCN1C[C@H](C)n2c(c(O)c3c(=O)n4nc(c32)N2CCN(CCCCCOc3cc(F)ccc3C4)S2(=O)=O)C1=O. The molecular formula is C26H31FN6O6S. The fourth-order valence-corrected chi connectivity index (χ4v) is 7.48. The van der Waals surface area contributed by atoms with Crippen LogP contribution in [0.2, 0.25) is 0 Å². The Morgan fingerprint density at radius 2 is 1.95 bits per heavy atom. The molecule has 40 heavy (non-hydrogen) atoms. The first-order valence-electron chi connectivity index (χ1n) is 13.5. The largest absolute Gasteiger partial charge is 0.505 e. The minimum atomic E-state index is -4.00. The van der Waals surface area contributed by atoms with Gasteiger partial charge in [-0.3, -0.25) is 9.59 Å². The summed E-state index contributed by atoms with van der Waals surface area (Å²) in [5.74, 6) is -1.24. The number of hydrogen-bond donors (Lipinski definition) is 1. The van der Waals surface area contributed by atoms with E-state index in [4.69, 9.17) is 4.74 Å². The maximum absolute atomic E-state index is 14.1. The number of carbonyl (C=O) groups is 1. The summed E-state index contributed by atoms with van der Waals surface area (Å²) in [6, 6.07) is 3.62. The number of anilines is 1. The third-order valence-corrected chi connectivity index (χ3v) is 9.83. The Bertz CT molecular complexity index is 1690. The van der Waals surface area contributed by atoms with E-state index in [1.54, 1.807) is 9.47 Å². The van der Waals surface area contributed by atoms with Crippen molar-refractivity contribution >= 4 is 32.8 Å². The normalized spacial score (nSPS) is 22.8. The van der Waals surface area contributed by atoms with E-state index in [2.05, 4.69) is 5.10 Å². The summed E-state index contributed by atoms with van der Waals surface area (Å²) >= 11 is 0. The number of rotatable bonds is 1. The number of benzene rings is 1. The van der Waals surface area contributed by atoms with Crippen LogP contribution in [-0.2, 0) is 16.8 Å². The highest BCUT2D eigenvalue weighted by Gasteiger charge is 2.42. The molecule has 6 rings (SSSR count). The molecule has 0 radical (unpaired) electrons. The lowest BCUT2D eigenvalue weighted by Gasteiger charge is -2.33. The van der Waals surface area contributed by atoms with Gasteiger partial charge in [-0.1, -0.05) is 6.07 Å². The Kier molecular flexibility index (Phi) is 6.49. The molecule has 3 aliphatic heterocycles. The van der Waals surface area contributed by atoms with Gasteiger partial charge in [0.25, 0.3) is 11.5 Å². The summed E-state index contributed by atoms with van der Waals surface area (Å²) < 4.78 is 52.6. The van der Waals surface area contributed by atoms with Gasteiger partial charge in [-0.2, -0.15) is 12.7 Å². The van der Waals surface area contributed by atoms with Crippen LogP contribution in [0.15, 0.2) is 23.0 Å². The van der Waals surface area contributed by atoms with Gasteiger partial charge in [0.1, 0.15) is 22.5 Å². The van der Waals surface area contributed by atoms with Crippen LogP contribution < -0.4 is 14.6 Å². The average Bonchev–Trinajstić information content (AvgIpc) is 3.39. The number of halogens is 1. The van der Waals surface area contributed by atoms with Gasteiger partial charge >= 0.3 is 10.2 Å². The lowest BCUT2D eigenvalue weighted by molar-refractivity contribution is 0.0686. The summed E-state index contributed by atoms with van der Waals surface area (Å²) in [4.78, 5) is 28.8. The van der Waals surface area contributed by atoms with Crippen LogP contribution in [0.25, 0.3) is 10.9 Å². The van der Waals surface area contributed by atoms with Crippen LogP contribution in [-0.4, -0.2) is 82.3 Å². The molecule has 2 atom stereocenters. The highest BCUT2D eigenvalue weighted by molar-refractivity contribution is 7.90. The second-order valence-corrected chi connectivity index (χ2v) is 12.3. The summed E-state index contributed by atoms with van der Waals surface area (Å²) in [5, 5.41) is 15.7. The molecule has 1 unspecified atom stereocenters. The fraction of sp³-hybridized carbons (Fsp3) is 0.500. The summed E-state index contributed by atoms with van der Waals surface area (Å²) in [6.45, 7) is 5.15. The third-order valence-electron chi connectivity index (χ3n) is 7.90. The lowest BCUT2D eigenvalue weighted by atomic mass is 10.2. The van der Waals surface area contributed by atoms with Crippen molar-refractivity contribution in [1.29, 1.82) is 0 Å². The zero-order chi connectivity index (χ0) is 28.3. The molecule has 1 aromatic carbocycles. The second-order valence-electron chi connectivity index (χ2n) is 10.4. The standard InChI is InChI=1S/C26H31FN6O6S/c1-3-29-14-16(2)33-21-20(23(34)22(33)26(29)36)25(35)31-15-17-7-8-18(27)13-19(17)39-12-6-4-5-9-30-10-11-32(24(21)28-31)40(30,37)38/h7-8,13,16,34H,3-6,9-12,14-15H2,1-2H3/t16-/m0/s1. The third kappa shape index (κ3) is 4.03. The number of nitrogens with zero attached hydrogens (tertiary/aromatic N) is 6. The number of fused-ring (bicyclic) bond motifs is 10. The summed E-state index contributed by atoms with van der Waals surface area (Å²) in [6.07, 6.45) is 1.96. The van der Waals surface area contributed by atoms with Crippen molar-refractivity contribution in [1.82, 2.24) is 23.6 Å². The van der Waals surface area contributed by atoms with Crippen LogP contribution in [0.3, 0.4) is 0 Å². The van der Waals surface area contributed by atoms with Crippen molar-refractivity contribution in [2.24, 2.45) is 0 Å². The van der Waals surface area contributed by atoms with Crippen LogP contribution >= 0.6 is 0 Å². The van der Waals surface area contributed by atoms with Crippen LogP contribution in [0.5, 0.6) is 11.5 Å². The first-order valence-corrected chi connectivity index (χ1v) is 14.9. The summed E-state index contributed by atoms with van der Waals surface area (Å²) in [5.41, 5.74) is -0.195. The molecular weight excluding hydrogens is 543 g/mol. The Morgan fingerprint density at radius 1 is 1.15 bits per heavy atom. The molecule has 0 spiro atoms. The Morgan fingerprint density at radius 3 is 2.73 bits per heavy atom. The Hall–Kier alpha value is -3.65. The topological polar surface area (TPSA) is 130 Å². The van der Waals surface area contributed by atoms with Crippen molar-refractivity contribution in [3.8, 4) is 11.5 Å². The first kappa shape index (κ1) is 26.6. The predicted octanol–water partition coefficient (Wildman–Crippen LogP) is 2.06. The lowest BCUT2D eigenvalue weighted by Crippen LogP contribution is -2.42. The van der Waals surface area contributed by atoms with E-state index < -0.39 is 33.2 Å². The van der Waals surface area contributed by atoms with E-state index in [0.29, 0.717) is 51.1 Å². The number of amides is 1. The first-order chi connectivity index (χ1) is 19.1. The van der Waals surface area contributed by atoms with Crippen molar-refractivity contribution in [3.63, 3.8) is 0 Å². The minimum absolute atomic E-state index is 0.0392. The second kappa shape index (κ2) is 9.77. The molecule has 4 bridgehead atoms. The molecule has 3 aromatic rings.